The Morgan fingerprint density at radius 1 is 1.09 bits per heavy atom. The van der Waals surface area contributed by atoms with Crippen molar-refractivity contribution < 1.29 is 14.8 Å². The van der Waals surface area contributed by atoms with Crippen molar-refractivity contribution in [1.29, 1.82) is 0 Å². The van der Waals surface area contributed by atoms with Gasteiger partial charge in [0.05, 0.1) is 4.92 Å². The molecule has 4 aromatic rings. The van der Waals surface area contributed by atoms with Crippen LogP contribution in [0.3, 0.4) is 0 Å². The zero-order valence-electron chi connectivity index (χ0n) is 17.3. The number of nitro benzene ring substituents is 1. The Kier molecular flexibility index (Phi) is 5.91. The first-order valence-corrected chi connectivity index (χ1v) is 11.4. The number of rotatable bonds is 5. The molecule has 0 saturated heterocycles. The Labute approximate surface area is 202 Å². The molecule has 3 aromatic carbocycles. The second-order valence-corrected chi connectivity index (χ2v) is 8.65. The van der Waals surface area contributed by atoms with Crippen LogP contribution in [0.25, 0.3) is 11.3 Å². The fraction of sp³-hybridized carbons (Fsp3) is 0.0870. The quantitative estimate of drug-likeness (QED) is 0.233. The molecule has 1 aliphatic heterocycles. The van der Waals surface area contributed by atoms with Crippen molar-refractivity contribution >= 4 is 34.7 Å². The number of nitro groups is 1. The number of fused-ring (bicyclic) bond motifs is 3. The largest absolute Gasteiger partial charge is 0.868 e. The van der Waals surface area contributed by atoms with Gasteiger partial charge in [-0.1, -0.05) is 71.9 Å². The maximum absolute atomic E-state index is 11.9. The van der Waals surface area contributed by atoms with Crippen LogP contribution in [-0.4, -0.2) is 20.1 Å². The third-order valence-electron chi connectivity index (χ3n) is 5.13. The Hall–Kier alpha value is -3.89. The van der Waals surface area contributed by atoms with Crippen molar-refractivity contribution in [3.05, 3.63) is 93.0 Å². The summed E-state index contributed by atoms with van der Waals surface area (Å²) in [4.78, 5) is 15.1. The number of anilines is 1. The summed E-state index contributed by atoms with van der Waals surface area (Å²) in [6.45, 7) is 0. The smallest absolute Gasteiger partial charge is 0.262 e. The second-order valence-electron chi connectivity index (χ2n) is 7.30. The molecule has 1 aromatic heterocycles. The van der Waals surface area contributed by atoms with Gasteiger partial charge >= 0.3 is 0 Å². The van der Waals surface area contributed by atoms with E-state index in [1.54, 1.807) is 0 Å². The van der Waals surface area contributed by atoms with E-state index in [0.29, 0.717) is 32.9 Å². The number of ether oxygens (including phenoxy) is 1. The van der Waals surface area contributed by atoms with E-state index in [1.807, 2.05) is 48.5 Å². The maximum Gasteiger partial charge on any atom is 0.262 e. The van der Waals surface area contributed by atoms with Gasteiger partial charge in [-0.05, 0) is 23.4 Å². The minimum atomic E-state index is -0.847. The Morgan fingerprint density at radius 3 is 2.71 bits per heavy atom. The van der Waals surface area contributed by atoms with E-state index >= 15 is 0 Å². The van der Waals surface area contributed by atoms with Crippen molar-refractivity contribution in [3.63, 3.8) is 0 Å². The van der Waals surface area contributed by atoms with E-state index in [-0.39, 0.29) is 5.88 Å². The van der Waals surface area contributed by atoms with Crippen molar-refractivity contribution in [2.24, 2.45) is 0 Å². The molecule has 0 bridgehead atoms. The molecule has 0 amide bonds. The number of nitrogens with zero attached hydrogens (tertiary/aromatic N) is 4. The lowest BCUT2D eigenvalue weighted by Crippen LogP contribution is -2.17. The maximum atomic E-state index is 11.9. The lowest BCUT2D eigenvalue weighted by molar-refractivity contribution is -0.398. The number of hydrogen-bond donors (Lipinski definition) is 1. The molecule has 0 fully saturated rings. The number of benzene rings is 3. The minimum Gasteiger partial charge on any atom is -0.868 e. The molecule has 34 heavy (non-hydrogen) atoms. The van der Waals surface area contributed by atoms with Gasteiger partial charge in [-0.2, -0.15) is 4.98 Å². The van der Waals surface area contributed by atoms with Gasteiger partial charge in [-0.15, -0.1) is 10.2 Å². The van der Waals surface area contributed by atoms with Gasteiger partial charge in [-0.25, -0.2) is 0 Å². The standard InChI is InChI=1S/C23H16ClN5O4S/c24-16-7-3-1-5-14(16)12-34-23-26-22-20(27-28-23)15-6-2-4-8-17(15)25-21(33-22)13-9-10-19(30)18(11-13)29(31)32/h1-11,21,25,30H,12H2/p-1/t21-/m0/s1. The predicted octanol–water partition coefficient (Wildman–Crippen LogP) is 4.97. The van der Waals surface area contributed by atoms with Gasteiger partial charge in [0.25, 0.3) is 5.69 Å². The number of aromatic nitrogens is 3. The summed E-state index contributed by atoms with van der Waals surface area (Å²) in [5, 5.41) is 36.0. The monoisotopic (exact) mass is 492 g/mol. The van der Waals surface area contributed by atoms with Crippen LogP contribution in [0.1, 0.15) is 17.4 Å². The average molecular weight is 493 g/mol. The van der Waals surface area contributed by atoms with Gasteiger partial charge in [-0.3, -0.25) is 10.1 Å². The summed E-state index contributed by atoms with van der Waals surface area (Å²) >= 11 is 7.60. The summed E-state index contributed by atoms with van der Waals surface area (Å²) in [5.41, 5.74) is 2.65. The van der Waals surface area contributed by atoms with E-state index in [4.69, 9.17) is 16.3 Å². The van der Waals surface area contributed by atoms with Crippen LogP contribution in [-0.2, 0) is 5.75 Å². The molecule has 0 unspecified atom stereocenters. The lowest BCUT2D eigenvalue weighted by atomic mass is 10.1. The highest BCUT2D eigenvalue weighted by atomic mass is 35.5. The van der Waals surface area contributed by atoms with Crippen molar-refractivity contribution in [3.8, 4) is 22.9 Å². The molecule has 0 spiro atoms. The molecule has 1 N–H and O–H groups in total. The van der Waals surface area contributed by atoms with Gasteiger partial charge in [0, 0.05) is 33.7 Å². The summed E-state index contributed by atoms with van der Waals surface area (Å²) in [6, 6.07) is 18.7. The van der Waals surface area contributed by atoms with Crippen LogP contribution in [0.2, 0.25) is 5.02 Å². The zero-order valence-corrected chi connectivity index (χ0v) is 18.9. The minimum absolute atomic E-state index is 0.216. The Balaban J connectivity index is 1.51. The molecule has 2 heterocycles. The third kappa shape index (κ3) is 4.33. The van der Waals surface area contributed by atoms with Crippen LogP contribution in [0.5, 0.6) is 11.6 Å². The fourth-order valence-electron chi connectivity index (χ4n) is 3.46. The molecule has 1 atom stereocenters. The molecule has 0 saturated carbocycles. The van der Waals surface area contributed by atoms with Gasteiger partial charge in [0.15, 0.2) is 11.9 Å². The topological polar surface area (TPSA) is 126 Å². The normalized spacial score (nSPS) is 14.2. The zero-order chi connectivity index (χ0) is 23.7. The summed E-state index contributed by atoms with van der Waals surface area (Å²) < 4.78 is 6.13. The SMILES string of the molecule is O=[N+]([O-])c1cc([C@H]2Nc3ccccc3-c3nnc(SCc4ccccc4Cl)nc3O2)ccc1[O-]. The molecular formula is C23H15ClN5O4S-. The highest BCUT2D eigenvalue weighted by Crippen LogP contribution is 2.40. The van der Waals surface area contributed by atoms with Gasteiger partial charge in [0.1, 0.15) is 0 Å². The van der Waals surface area contributed by atoms with Crippen LogP contribution < -0.4 is 15.2 Å². The lowest BCUT2D eigenvalue weighted by Gasteiger charge is -2.20. The third-order valence-corrected chi connectivity index (χ3v) is 6.39. The summed E-state index contributed by atoms with van der Waals surface area (Å²) in [5.74, 6) is 0.0774. The van der Waals surface area contributed by atoms with E-state index in [2.05, 4.69) is 20.5 Å². The molecule has 1 aliphatic rings. The molecule has 9 nitrogen and oxygen atoms in total. The number of halogens is 1. The average Bonchev–Trinajstić information content (AvgIpc) is 3.00. The molecular weight excluding hydrogens is 478 g/mol. The number of thioether (sulfide) groups is 1. The Bertz CT molecular complexity index is 1400. The first-order valence-electron chi connectivity index (χ1n) is 10.1. The first-order chi connectivity index (χ1) is 16.5. The summed E-state index contributed by atoms with van der Waals surface area (Å²) in [7, 11) is 0. The highest BCUT2D eigenvalue weighted by Gasteiger charge is 2.27. The Morgan fingerprint density at radius 2 is 1.88 bits per heavy atom. The van der Waals surface area contributed by atoms with Crippen LogP contribution in [0.4, 0.5) is 11.4 Å². The highest BCUT2D eigenvalue weighted by molar-refractivity contribution is 7.98. The first kappa shape index (κ1) is 21.9. The van der Waals surface area contributed by atoms with Crippen molar-refractivity contribution in [2.45, 2.75) is 17.1 Å². The predicted molar refractivity (Wildman–Crippen MR) is 126 cm³/mol. The molecule has 0 radical (unpaired) electrons. The van der Waals surface area contributed by atoms with Crippen LogP contribution in [0, 0.1) is 10.1 Å². The molecule has 11 heteroatoms. The second kappa shape index (κ2) is 9.16. The van der Waals surface area contributed by atoms with Crippen molar-refractivity contribution in [2.75, 3.05) is 5.32 Å². The molecule has 5 rings (SSSR count). The molecule has 170 valence electrons. The molecule has 0 aliphatic carbocycles. The van der Waals surface area contributed by atoms with E-state index < -0.39 is 22.6 Å². The van der Waals surface area contributed by atoms with Crippen LogP contribution >= 0.6 is 23.4 Å². The number of nitrogens with one attached hydrogen (secondary N) is 1. The van der Waals surface area contributed by atoms with E-state index in [9.17, 15) is 15.2 Å². The van der Waals surface area contributed by atoms with E-state index in [0.717, 1.165) is 17.2 Å². The fourth-order valence-corrected chi connectivity index (χ4v) is 4.52. The van der Waals surface area contributed by atoms with Gasteiger partial charge in [0.2, 0.25) is 11.0 Å². The van der Waals surface area contributed by atoms with Crippen LogP contribution in [0.15, 0.2) is 71.9 Å². The number of para-hydroxylation sites is 1. The van der Waals surface area contributed by atoms with E-state index in [1.165, 1.54) is 23.9 Å². The van der Waals surface area contributed by atoms with Crippen molar-refractivity contribution in [1.82, 2.24) is 15.2 Å². The number of hydrogen-bond acceptors (Lipinski definition) is 9. The summed E-state index contributed by atoms with van der Waals surface area (Å²) in [6.07, 6.45) is -0.847. The van der Waals surface area contributed by atoms with Gasteiger partial charge < -0.3 is 15.2 Å².